The molecule has 2 aromatic heterocycles. The lowest BCUT2D eigenvalue weighted by molar-refractivity contribution is -0.722. The maximum Gasteiger partial charge on any atom is 0.218 e. The summed E-state index contributed by atoms with van der Waals surface area (Å²) in [4.78, 5) is 0. The van der Waals surface area contributed by atoms with Crippen molar-refractivity contribution >= 4 is 5.70 Å². The van der Waals surface area contributed by atoms with Crippen molar-refractivity contribution in [2.75, 3.05) is 0 Å². The molecule has 1 aliphatic carbocycles. The first-order chi connectivity index (χ1) is 19.1. The second kappa shape index (κ2) is 9.47. The molecule has 0 bridgehead atoms. The zero-order chi connectivity index (χ0) is 26.5. The fourth-order valence-corrected chi connectivity index (χ4v) is 6.55. The van der Waals surface area contributed by atoms with E-state index in [0.29, 0.717) is 17.9 Å². The van der Waals surface area contributed by atoms with Gasteiger partial charge in [-0.1, -0.05) is 74.5 Å². The van der Waals surface area contributed by atoms with E-state index in [9.17, 15) is 0 Å². The molecule has 5 aromatic rings. The molecular formula is C37H34N2+2. The van der Waals surface area contributed by atoms with Gasteiger partial charge in [-0.25, -0.2) is 0 Å². The van der Waals surface area contributed by atoms with Crippen molar-refractivity contribution in [2.45, 2.75) is 39.2 Å². The Hall–Kier alpha value is -4.30. The summed E-state index contributed by atoms with van der Waals surface area (Å²) in [5, 5.41) is 0. The number of benzene rings is 3. The van der Waals surface area contributed by atoms with Crippen LogP contribution in [0.4, 0.5) is 0 Å². The number of aryl methyl sites for hydroxylation is 1. The Morgan fingerprint density at radius 1 is 0.692 bits per heavy atom. The SMILES string of the molecule is Cc1ccc(-c2ccccc2)cc1-c1cccc[n+]1C1=CC2C1c1ccccc1-c1cccc(CC(C)C)[n+]12. The normalized spacial score (nSPS) is 17.1. The number of fused-ring (bicyclic) bond motifs is 6. The van der Waals surface area contributed by atoms with Crippen LogP contribution in [-0.4, -0.2) is 0 Å². The van der Waals surface area contributed by atoms with Crippen molar-refractivity contribution < 1.29 is 9.13 Å². The van der Waals surface area contributed by atoms with Crippen LogP contribution in [-0.2, 0) is 6.42 Å². The van der Waals surface area contributed by atoms with E-state index in [0.717, 1.165) is 6.42 Å². The van der Waals surface area contributed by atoms with Crippen LogP contribution in [0.1, 0.15) is 42.6 Å². The van der Waals surface area contributed by atoms with Crippen molar-refractivity contribution in [1.29, 1.82) is 0 Å². The molecule has 2 nitrogen and oxygen atoms in total. The second-order valence-electron chi connectivity index (χ2n) is 11.4. The Morgan fingerprint density at radius 3 is 2.31 bits per heavy atom. The molecule has 1 aliphatic heterocycles. The van der Waals surface area contributed by atoms with E-state index < -0.39 is 0 Å². The van der Waals surface area contributed by atoms with Crippen LogP contribution in [0.5, 0.6) is 0 Å². The van der Waals surface area contributed by atoms with Gasteiger partial charge in [-0.15, -0.1) is 0 Å². The fourth-order valence-electron chi connectivity index (χ4n) is 6.55. The molecule has 7 rings (SSSR count). The average Bonchev–Trinajstić information content (AvgIpc) is 2.94. The zero-order valence-corrected chi connectivity index (χ0v) is 22.9. The predicted octanol–water partition coefficient (Wildman–Crippen LogP) is 7.96. The molecule has 0 radical (unpaired) electrons. The highest BCUT2D eigenvalue weighted by molar-refractivity contribution is 5.75. The summed E-state index contributed by atoms with van der Waals surface area (Å²) in [6.45, 7) is 6.85. The van der Waals surface area contributed by atoms with Gasteiger partial charge >= 0.3 is 0 Å². The fraction of sp³-hybridized carbons (Fsp3) is 0.189. The molecule has 2 unspecified atom stereocenters. The summed E-state index contributed by atoms with van der Waals surface area (Å²) in [5.74, 6) is 0.925. The molecule has 3 aromatic carbocycles. The quantitative estimate of drug-likeness (QED) is 0.214. The lowest BCUT2D eigenvalue weighted by Gasteiger charge is -2.35. The topological polar surface area (TPSA) is 7.76 Å². The van der Waals surface area contributed by atoms with E-state index in [2.05, 4.69) is 151 Å². The van der Waals surface area contributed by atoms with Gasteiger partial charge in [0.2, 0.25) is 23.1 Å². The van der Waals surface area contributed by atoms with E-state index >= 15 is 0 Å². The summed E-state index contributed by atoms with van der Waals surface area (Å²) in [5.41, 5.74) is 13.2. The predicted molar refractivity (Wildman–Crippen MR) is 159 cm³/mol. The maximum atomic E-state index is 2.61. The number of allylic oxidation sites excluding steroid dienone is 2. The summed E-state index contributed by atoms with van der Waals surface area (Å²) >= 11 is 0. The molecule has 0 spiro atoms. The highest BCUT2D eigenvalue weighted by Gasteiger charge is 2.53. The summed E-state index contributed by atoms with van der Waals surface area (Å²) in [6.07, 6.45) is 5.82. The third-order valence-electron chi connectivity index (χ3n) is 8.36. The molecule has 2 aliphatic rings. The zero-order valence-electron chi connectivity index (χ0n) is 22.9. The van der Waals surface area contributed by atoms with Gasteiger partial charge in [0.1, 0.15) is 5.92 Å². The summed E-state index contributed by atoms with van der Waals surface area (Å²) in [6, 6.07) is 40.3. The van der Waals surface area contributed by atoms with Crippen LogP contribution in [0, 0.1) is 12.8 Å². The van der Waals surface area contributed by atoms with E-state index in [1.165, 1.54) is 56.2 Å². The lowest BCUT2D eigenvalue weighted by Crippen LogP contribution is -2.57. The first-order valence-electron chi connectivity index (χ1n) is 14.1. The lowest BCUT2D eigenvalue weighted by atomic mass is 9.73. The van der Waals surface area contributed by atoms with E-state index in [1.807, 2.05) is 0 Å². The van der Waals surface area contributed by atoms with Crippen LogP contribution in [0.25, 0.3) is 39.3 Å². The van der Waals surface area contributed by atoms with Gasteiger partial charge in [-0.3, -0.25) is 0 Å². The monoisotopic (exact) mass is 506 g/mol. The maximum absolute atomic E-state index is 2.61. The van der Waals surface area contributed by atoms with Crippen LogP contribution in [0.2, 0.25) is 0 Å². The molecule has 2 heteroatoms. The summed E-state index contributed by atoms with van der Waals surface area (Å²) < 4.78 is 5.05. The van der Waals surface area contributed by atoms with Crippen molar-refractivity contribution in [1.82, 2.24) is 0 Å². The number of nitrogens with zero attached hydrogens (tertiary/aromatic N) is 2. The van der Waals surface area contributed by atoms with Gasteiger partial charge in [-0.05, 0) is 59.4 Å². The first kappa shape index (κ1) is 23.8. The Bertz CT molecular complexity index is 1730. The third-order valence-corrected chi connectivity index (χ3v) is 8.36. The van der Waals surface area contributed by atoms with Gasteiger partial charge in [0.25, 0.3) is 0 Å². The molecule has 190 valence electrons. The molecule has 3 heterocycles. The van der Waals surface area contributed by atoms with Gasteiger partial charge in [0, 0.05) is 30.7 Å². The third kappa shape index (κ3) is 3.94. The minimum Gasteiger partial charge on any atom is -0.188 e. The van der Waals surface area contributed by atoms with Gasteiger partial charge in [0.05, 0.1) is 17.2 Å². The van der Waals surface area contributed by atoms with Gasteiger partial charge in [-0.2, -0.15) is 9.13 Å². The standard InChI is InChI=1S/C37H34N2/c1-25(2)22-29-14-11-18-34-30-15-7-8-16-31(30)37-35(24-36(37)39(29)34)38-21-10-9-17-33(38)32-23-28(20-19-26(32)3)27-12-5-4-6-13-27/h4-21,23-25,36-37H,22H2,1-3H3/q+2. The minimum absolute atomic E-state index is 0.316. The molecule has 0 saturated heterocycles. The largest absolute Gasteiger partial charge is 0.218 e. The van der Waals surface area contributed by atoms with Crippen molar-refractivity contribution in [3.05, 3.63) is 138 Å². The van der Waals surface area contributed by atoms with E-state index in [1.54, 1.807) is 0 Å². The second-order valence-corrected chi connectivity index (χ2v) is 11.4. The minimum atomic E-state index is 0.316. The van der Waals surface area contributed by atoms with Crippen LogP contribution in [0.3, 0.4) is 0 Å². The van der Waals surface area contributed by atoms with Crippen LogP contribution < -0.4 is 9.13 Å². The highest BCUT2D eigenvalue weighted by atomic mass is 15.1. The Morgan fingerprint density at radius 2 is 1.46 bits per heavy atom. The Balaban J connectivity index is 1.39. The highest BCUT2D eigenvalue weighted by Crippen LogP contribution is 2.50. The van der Waals surface area contributed by atoms with Crippen LogP contribution in [0.15, 0.2) is 121 Å². The van der Waals surface area contributed by atoms with Crippen LogP contribution >= 0.6 is 0 Å². The number of rotatable bonds is 5. The van der Waals surface area contributed by atoms with Gasteiger partial charge in [0.15, 0.2) is 11.9 Å². The average molecular weight is 507 g/mol. The molecule has 0 amide bonds. The number of pyridine rings is 2. The number of aromatic nitrogens is 2. The first-order valence-corrected chi connectivity index (χ1v) is 14.1. The molecule has 0 saturated carbocycles. The number of hydrogen-bond acceptors (Lipinski definition) is 0. The van der Waals surface area contributed by atoms with Gasteiger partial charge < -0.3 is 0 Å². The Labute approximate surface area is 231 Å². The Kier molecular flexibility index (Phi) is 5.77. The molecule has 2 atom stereocenters. The van der Waals surface area contributed by atoms with Crippen molar-refractivity contribution in [2.24, 2.45) is 5.92 Å². The molecule has 39 heavy (non-hydrogen) atoms. The van der Waals surface area contributed by atoms with Crippen molar-refractivity contribution in [3.63, 3.8) is 0 Å². The van der Waals surface area contributed by atoms with E-state index in [4.69, 9.17) is 0 Å². The molecule has 0 N–H and O–H groups in total. The molecule has 0 fully saturated rings. The number of hydrogen-bond donors (Lipinski definition) is 0. The summed E-state index contributed by atoms with van der Waals surface area (Å²) in [7, 11) is 0. The molecular weight excluding hydrogens is 472 g/mol. The van der Waals surface area contributed by atoms with E-state index in [-0.39, 0.29) is 0 Å². The smallest absolute Gasteiger partial charge is 0.188 e. The van der Waals surface area contributed by atoms with Crippen molar-refractivity contribution in [3.8, 4) is 33.6 Å².